The summed E-state index contributed by atoms with van der Waals surface area (Å²) in [4.78, 5) is 16.0. The van der Waals surface area contributed by atoms with Gasteiger partial charge in [0.05, 0.1) is 0 Å². The van der Waals surface area contributed by atoms with Crippen molar-refractivity contribution in [3.05, 3.63) is 58.9 Å². The average molecular weight is 317 g/mol. The molecular weight excluding hydrogens is 300 g/mol. The molecule has 2 aromatic rings. The molecule has 1 aromatic heterocycles. The molecule has 4 nitrogen and oxygen atoms in total. The maximum Gasteiger partial charge on any atom is 0.258 e. The maximum atomic E-state index is 11.8. The van der Waals surface area contributed by atoms with Gasteiger partial charge in [-0.15, -0.1) is 0 Å². The van der Waals surface area contributed by atoms with Gasteiger partial charge >= 0.3 is 0 Å². The number of pyridine rings is 1. The van der Waals surface area contributed by atoms with Gasteiger partial charge in [-0.2, -0.15) is 0 Å². The van der Waals surface area contributed by atoms with Crippen LogP contribution in [0.25, 0.3) is 0 Å². The monoisotopic (exact) mass is 316 g/mol. The molecule has 22 heavy (non-hydrogen) atoms. The Bertz CT molecular complexity index is 654. The van der Waals surface area contributed by atoms with E-state index in [9.17, 15) is 4.79 Å². The number of hydrogen-bond donors (Lipinski definition) is 1. The molecule has 1 fully saturated rings. The molecule has 1 saturated carbocycles. The summed E-state index contributed by atoms with van der Waals surface area (Å²) in [5, 5.41) is 3.48. The van der Waals surface area contributed by atoms with Gasteiger partial charge in [-0.25, -0.2) is 0 Å². The van der Waals surface area contributed by atoms with E-state index in [0.717, 1.165) is 5.56 Å². The Labute approximate surface area is 134 Å². The lowest BCUT2D eigenvalue weighted by atomic mass is 10.1. The van der Waals surface area contributed by atoms with Gasteiger partial charge in [0.2, 0.25) is 0 Å². The molecular formula is C17H17ClN2O2. The topological polar surface area (TPSA) is 51.2 Å². The SMILES string of the molecule is O=C(COc1ccc(Cl)cc1)NCc1cncc(C2CC2)c1. The number of aromatic nitrogens is 1. The van der Waals surface area contributed by atoms with Crippen molar-refractivity contribution in [3.8, 4) is 5.75 Å². The third-order valence-corrected chi connectivity index (χ3v) is 3.79. The Kier molecular flexibility index (Phi) is 4.59. The van der Waals surface area contributed by atoms with Crippen LogP contribution in [0, 0.1) is 0 Å². The van der Waals surface area contributed by atoms with Crippen LogP contribution in [-0.2, 0) is 11.3 Å². The normalized spacial score (nSPS) is 13.7. The van der Waals surface area contributed by atoms with Gasteiger partial charge < -0.3 is 10.1 Å². The third-order valence-electron chi connectivity index (χ3n) is 3.54. The second kappa shape index (κ2) is 6.79. The number of hydrogen-bond acceptors (Lipinski definition) is 3. The lowest BCUT2D eigenvalue weighted by molar-refractivity contribution is -0.123. The number of nitrogens with zero attached hydrogens (tertiary/aromatic N) is 1. The fraction of sp³-hybridized carbons (Fsp3) is 0.294. The van der Waals surface area contributed by atoms with Crippen LogP contribution in [-0.4, -0.2) is 17.5 Å². The van der Waals surface area contributed by atoms with Crippen molar-refractivity contribution in [3.63, 3.8) is 0 Å². The van der Waals surface area contributed by atoms with Crippen molar-refractivity contribution in [2.45, 2.75) is 25.3 Å². The quantitative estimate of drug-likeness (QED) is 0.889. The van der Waals surface area contributed by atoms with Crippen LogP contribution in [0.4, 0.5) is 0 Å². The first kappa shape index (κ1) is 14.9. The molecule has 1 N–H and O–H groups in total. The molecule has 0 atom stereocenters. The van der Waals surface area contributed by atoms with Crippen molar-refractivity contribution >= 4 is 17.5 Å². The molecule has 0 unspecified atom stereocenters. The number of nitrogens with one attached hydrogen (secondary N) is 1. The van der Waals surface area contributed by atoms with Crippen LogP contribution in [0.3, 0.4) is 0 Å². The first-order valence-corrected chi connectivity index (χ1v) is 7.67. The number of halogens is 1. The van der Waals surface area contributed by atoms with Gasteiger partial charge in [0.1, 0.15) is 5.75 Å². The van der Waals surface area contributed by atoms with E-state index in [1.807, 2.05) is 6.20 Å². The second-order valence-corrected chi connectivity index (χ2v) is 5.86. The third kappa shape index (κ3) is 4.21. The molecule has 3 rings (SSSR count). The zero-order chi connectivity index (χ0) is 15.4. The highest BCUT2D eigenvalue weighted by molar-refractivity contribution is 6.30. The van der Waals surface area contributed by atoms with Crippen LogP contribution < -0.4 is 10.1 Å². The summed E-state index contributed by atoms with van der Waals surface area (Å²) in [6, 6.07) is 9.04. The largest absolute Gasteiger partial charge is 0.484 e. The number of carbonyl (C=O) groups is 1. The highest BCUT2D eigenvalue weighted by Crippen LogP contribution is 2.39. The molecule has 114 valence electrons. The van der Waals surface area contributed by atoms with Gasteiger partial charge in [0.25, 0.3) is 5.91 Å². The molecule has 0 spiro atoms. The Hall–Kier alpha value is -2.07. The molecule has 1 aromatic carbocycles. The minimum Gasteiger partial charge on any atom is -0.484 e. The van der Waals surface area contributed by atoms with Crippen molar-refractivity contribution < 1.29 is 9.53 Å². The van der Waals surface area contributed by atoms with Crippen LogP contribution in [0.2, 0.25) is 5.02 Å². The van der Waals surface area contributed by atoms with E-state index in [0.29, 0.717) is 23.2 Å². The highest BCUT2D eigenvalue weighted by atomic mass is 35.5. The molecule has 1 aliphatic rings. The predicted molar refractivity (Wildman–Crippen MR) is 85.0 cm³/mol. The standard InChI is InChI=1S/C17H17ClN2O2/c18-15-3-5-16(6-4-15)22-11-17(21)20-9-12-7-14(10-19-8-12)13-1-2-13/h3-8,10,13H,1-2,9,11H2,(H,20,21). The summed E-state index contributed by atoms with van der Waals surface area (Å²) in [6.07, 6.45) is 6.18. The van der Waals surface area contributed by atoms with Gasteiger partial charge in [0, 0.05) is 24.0 Å². The number of amides is 1. The average Bonchev–Trinajstić information content (AvgIpc) is 3.37. The van der Waals surface area contributed by atoms with Crippen molar-refractivity contribution in [2.75, 3.05) is 6.61 Å². The van der Waals surface area contributed by atoms with Crippen molar-refractivity contribution in [1.82, 2.24) is 10.3 Å². The summed E-state index contributed by atoms with van der Waals surface area (Å²) >= 11 is 5.79. The van der Waals surface area contributed by atoms with E-state index >= 15 is 0 Å². The van der Waals surface area contributed by atoms with Crippen LogP contribution in [0.5, 0.6) is 5.75 Å². The molecule has 0 saturated heterocycles. The molecule has 0 radical (unpaired) electrons. The Morgan fingerprint density at radius 3 is 2.77 bits per heavy atom. The van der Waals surface area contributed by atoms with Crippen LogP contribution in [0.1, 0.15) is 29.9 Å². The van der Waals surface area contributed by atoms with Gasteiger partial charge in [-0.05, 0) is 54.2 Å². The Balaban J connectivity index is 1.45. The van der Waals surface area contributed by atoms with E-state index in [2.05, 4.69) is 16.4 Å². The van der Waals surface area contributed by atoms with Gasteiger partial charge in [-0.1, -0.05) is 17.7 Å². The smallest absolute Gasteiger partial charge is 0.258 e. The first-order valence-electron chi connectivity index (χ1n) is 7.29. The molecule has 1 amide bonds. The van der Waals surface area contributed by atoms with Gasteiger partial charge in [-0.3, -0.25) is 9.78 Å². The summed E-state index contributed by atoms with van der Waals surface area (Å²) in [5.74, 6) is 1.13. The summed E-state index contributed by atoms with van der Waals surface area (Å²) in [5.41, 5.74) is 2.29. The van der Waals surface area contributed by atoms with E-state index in [4.69, 9.17) is 16.3 Å². The highest BCUT2D eigenvalue weighted by Gasteiger charge is 2.23. The summed E-state index contributed by atoms with van der Waals surface area (Å²) < 4.78 is 5.40. The fourth-order valence-electron chi connectivity index (χ4n) is 2.18. The van der Waals surface area contributed by atoms with Gasteiger partial charge in [0.15, 0.2) is 6.61 Å². The number of benzene rings is 1. The second-order valence-electron chi connectivity index (χ2n) is 5.42. The number of rotatable bonds is 6. The lowest BCUT2D eigenvalue weighted by Gasteiger charge is -2.08. The van der Waals surface area contributed by atoms with Crippen LogP contribution in [0.15, 0.2) is 42.7 Å². The van der Waals surface area contributed by atoms with Crippen molar-refractivity contribution in [1.29, 1.82) is 0 Å². The first-order chi connectivity index (χ1) is 10.7. The molecule has 1 aliphatic carbocycles. The Morgan fingerprint density at radius 1 is 1.27 bits per heavy atom. The van der Waals surface area contributed by atoms with Crippen molar-refractivity contribution in [2.24, 2.45) is 0 Å². The lowest BCUT2D eigenvalue weighted by Crippen LogP contribution is -2.28. The fourth-order valence-corrected chi connectivity index (χ4v) is 2.30. The number of ether oxygens (including phenoxy) is 1. The zero-order valence-corrected chi connectivity index (χ0v) is 12.8. The van der Waals surface area contributed by atoms with E-state index < -0.39 is 0 Å². The molecule has 0 bridgehead atoms. The maximum absolute atomic E-state index is 11.8. The Morgan fingerprint density at radius 2 is 2.05 bits per heavy atom. The molecule has 1 heterocycles. The van der Waals surface area contributed by atoms with E-state index in [1.54, 1.807) is 30.5 Å². The summed E-state index contributed by atoms with van der Waals surface area (Å²) in [6.45, 7) is 0.452. The summed E-state index contributed by atoms with van der Waals surface area (Å²) in [7, 11) is 0. The zero-order valence-electron chi connectivity index (χ0n) is 12.1. The molecule has 5 heteroatoms. The van der Waals surface area contributed by atoms with E-state index in [-0.39, 0.29) is 12.5 Å². The minimum absolute atomic E-state index is 0.0165. The van der Waals surface area contributed by atoms with Crippen LogP contribution >= 0.6 is 11.6 Å². The predicted octanol–water partition coefficient (Wildman–Crippen LogP) is 3.31. The van der Waals surface area contributed by atoms with E-state index in [1.165, 1.54) is 18.4 Å². The minimum atomic E-state index is -0.160. The molecule has 0 aliphatic heterocycles. The number of carbonyl (C=O) groups excluding carboxylic acids is 1.